The van der Waals surface area contributed by atoms with Gasteiger partial charge in [0.25, 0.3) is 5.91 Å². The Morgan fingerprint density at radius 3 is 2.39 bits per heavy atom. The van der Waals surface area contributed by atoms with Gasteiger partial charge in [-0.1, -0.05) is 25.0 Å². The molecule has 0 spiro atoms. The van der Waals surface area contributed by atoms with Crippen LogP contribution >= 0.6 is 11.3 Å². The van der Waals surface area contributed by atoms with Crippen molar-refractivity contribution in [3.8, 4) is 10.8 Å². The van der Waals surface area contributed by atoms with Gasteiger partial charge in [-0.15, -0.1) is 11.3 Å². The number of carbonyl (C=O) groups is 2. The van der Waals surface area contributed by atoms with Gasteiger partial charge in [0.2, 0.25) is 5.91 Å². The van der Waals surface area contributed by atoms with E-state index in [1.165, 1.54) is 12.8 Å². The number of aromatic nitrogens is 1. The number of carbonyl (C=O) groups excluding carboxylic acids is 2. The van der Waals surface area contributed by atoms with Crippen molar-refractivity contribution < 1.29 is 14.0 Å². The minimum absolute atomic E-state index is 0.0389. The van der Waals surface area contributed by atoms with Crippen LogP contribution in [0.1, 0.15) is 49.1 Å². The van der Waals surface area contributed by atoms with Gasteiger partial charge in [-0.25, -0.2) is 4.98 Å². The quantitative estimate of drug-likeness (QED) is 0.590. The number of nitrogens with zero attached hydrogens (tertiary/aromatic N) is 3. The first-order chi connectivity index (χ1) is 15.2. The number of thiazole rings is 1. The lowest BCUT2D eigenvalue weighted by Gasteiger charge is -2.33. The second kappa shape index (κ2) is 8.83. The highest BCUT2D eigenvalue weighted by Crippen LogP contribution is 2.32. The summed E-state index contributed by atoms with van der Waals surface area (Å²) in [5.74, 6) is 1.18. The van der Waals surface area contributed by atoms with Crippen LogP contribution in [0.15, 0.2) is 40.8 Å². The van der Waals surface area contributed by atoms with Crippen molar-refractivity contribution in [1.29, 1.82) is 0 Å². The van der Waals surface area contributed by atoms with Crippen LogP contribution in [0.3, 0.4) is 0 Å². The predicted octanol–water partition coefficient (Wildman–Crippen LogP) is 4.81. The number of hydrogen-bond donors (Lipinski definition) is 0. The highest BCUT2D eigenvalue weighted by atomic mass is 32.1. The highest BCUT2D eigenvalue weighted by Gasteiger charge is 2.31. The predicted molar refractivity (Wildman–Crippen MR) is 121 cm³/mol. The minimum atomic E-state index is -0.104. The average Bonchev–Trinajstić information content (AvgIpc) is 3.38. The van der Waals surface area contributed by atoms with Crippen LogP contribution in [0.5, 0.6) is 0 Å². The number of rotatable bonds is 3. The lowest BCUT2D eigenvalue weighted by atomic mass is 9.95. The Morgan fingerprint density at radius 2 is 1.65 bits per heavy atom. The van der Waals surface area contributed by atoms with Gasteiger partial charge in [-0.2, -0.15) is 0 Å². The van der Waals surface area contributed by atoms with Crippen molar-refractivity contribution in [3.63, 3.8) is 0 Å². The number of likely N-dealkylation sites (tertiary alicyclic amines) is 2. The number of piperidine rings is 1. The topological polar surface area (TPSA) is 66.7 Å². The molecule has 2 aliphatic rings. The maximum atomic E-state index is 13.0. The zero-order valence-corrected chi connectivity index (χ0v) is 18.4. The van der Waals surface area contributed by atoms with Crippen LogP contribution in [0.25, 0.3) is 21.0 Å². The largest absolute Gasteiger partial charge is 0.448 e. The Bertz CT molecular complexity index is 1040. The molecule has 2 aliphatic heterocycles. The summed E-state index contributed by atoms with van der Waals surface area (Å²) in [5.41, 5.74) is 0.933. The van der Waals surface area contributed by atoms with Crippen LogP contribution < -0.4 is 0 Å². The van der Waals surface area contributed by atoms with Gasteiger partial charge in [0.1, 0.15) is 0 Å². The maximum Gasteiger partial charge on any atom is 0.289 e. The molecule has 3 aromatic rings. The Kier molecular flexibility index (Phi) is 5.76. The molecule has 0 N–H and O–H groups in total. The fourth-order valence-corrected chi connectivity index (χ4v) is 5.51. The third kappa shape index (κ3) is 4.24. The zero-order chi connectivity index (χ0) is 21.2. The van der Waals surface area contributed by atoms with E-state index >= 15 is 0 Å². The molecule has 2 aromatic heterocycles. The number of amides is 2. The molecule has 31 heavy (non-hydrogen) atoms. The number of hydrogen-bond acceptors (Lipinski definition) is 5. The maximum absolute atomic E-state index is 13.0. The number of benzene rings is 1. The smallest absolute Gasteiger partial charge is 0.289 e. The average molecular weight is 438 g/mol. The lowest BCUT2D eigenvalue weighted by molar-refractivity contribution is -0.136. The van der Waals surface area contributed by atoms with E-state index < -0.39 is 0 Å². The highest BCUT2D eigenvalue weighted by molar-refractivity contribution is 7.21. The van der Waals surface area contributed by atoms with Gasteiger partial charge < -0.3 is 14.2 Å². The van der Waals surface area contributed by atoms with Gasteiger partial charge in [0.15, 0.2) is 16.5 Å². The molecule has 162 valence electrons. The molecule has 0 atom stereocenters. The van der Waals surface area contributed by atoms with Crippen LogP contribution in [0, 0.1) is 5.92 Å². The normalized spacial score (nSPS) is 18.3. The molecule has 6 nitrogen and oxygen atoms in total. The van der Waals surface area contributed by atoms with E-state index in [-0.39, 0.29) is 17.7 Å². The van der Waals surface area contributed by atoms with Crippen molar-refractivity contribution in [2.24, 2.45) is 5.92 Å². The first-order valence-corrected chi connectivity index (χ1v) is 12.0. The summed E-state index contributed by atoms with van der Waals surface area (Å²) in [6, 6.07) is 11.5. The summed E-state index contributed by atoms with van der Waals surface area (Å²) in [6.45, 7) is 2.97. The van der Waals surface area contributed by atoms with Gasteiger partial charge in [0, 0.05) is 32.1 Å². The number of para-hydroxylation sites is 1. The summed E-state index contributed by atoms with van der Waals surface area (Å²) in [5, 5.41) is 0.780. The molecule has 2 amide bonds. The molecule has 0 radical (unpaired) electrons. The van der Waals surface area contributed by atoms with Crippen molar-refractivity contribution in [2.45, 2.75) is 38.5 Å². The zero-order valence-electron chi connectivity index (χ0n) is 17.6. The minimum Gasteiger partial charge on any atom is -0.448 e. The van der Waals surface area contributed by atoms with Gasteiger partial charge in [-0.3, -0.25) is 9.59 Å². The molecule has 1 aromatic carbocycles. The number of fused-ring (bicyclic) bond motifs is 1. The lowest BCUT2D eigenvalue weighted by Crippen LogP contribution is -2.44. The fraction of sp³-hybridized carbons (Fsp3) is 0.458. The molecule has 2 saturated heterocycles. The third-order valence-corrected chi connectivity index (χ3v) is 7.42. The van der Waals surface area contributed by atoms with E-state index in [1.54, 1.807) is 17.4 Å². The summed E-state index contributed by atoms with van der Waals surface area (Å²) < 4.78 is 6.97. The van der Waals surface area contributed by atoms with Crippen LogP contribution in [0.4, 0.5) is 0 Å². The molecule has 7 heteroatoms. The Morgan fingerprint density at radius 1 is 0.903 bits per heavy atom. The van der Waals surface area contributed by atoms with E-state index in [4.69, 9.17) is 4.42 Å². The molecular formula is C24H27N3O3S. The second-order valence-electron chi connectivity index (χ2n) is 8.46. The van der Waals surface area contributed by atoms with E-state index in [9.17, 15) is 9.59 Å². The fourth-order valence-electron chi connectivity index (χ4n) is 4.58. The molecule has 0 bridgehead atoms. The second-order valence-corrected chi connectivity index (χ2v) is 9.49. The Hall–Kier alpha value is -2.67. The summed E-state index contributed by atoms with van der Waals surface area (Å²) in [6.07, 6.45) is 6.12. The summed E-state index contributed by atoms with van der Waals surface area (Å²) >= 11 is 1.56. The van der Waals surface area contributed by atoms with E-state index in [2.05, 4.69) is 4.98 Å². The number of furan rings is 1. The molecule has 4 heterocycles. The Balaban J connectivity index is 1.21. The first-order valence-electron chi connectivity index (χ1n) is 11.2. The summed E-state index contributed by atoms with van der Waals surface area (Å²) in [7, 11) is 0. The van der Waals surface area contributed by atoms with E-state index in [0.717, 1.165) is 54.0 Å². The van der Waals surface area contributed by atoms with Crippen molar-refractivity contribution in [3.05, 3.63) is 42.2 Å². The van der Waals surface area contributed by atoms with Crippen LogP contribution in [-0.4, -0.2) is 52.8 Å². The standard InChI is InChI=1S/C24H27N3O3S/c28-23(26-13-5-1-2-6-14-26)17-11-15-27(16-12-17)24(29)20-10-9-19(30-20)22-25-18-7-3-4-8-21(18)31-22/h3-4,7-10,17H,1-2,5-6,11-16H2. The van der Waals surface area contributed by atoms with E-state index in [0.29, 0.717) is 24.6 Å². The molecule has 0 saturated carbocycles. The molecule has 0 aliphatic carbocycles. The van der Waals surface area contributed by atoms with Gasteiger partial charge >= 0.3 is 0 Å². The molecule has 2 fully saturated rings. The van der Waals surface area contributed by atoms with Crippen LogP contribution in [0.2, 0.25) is 0 Å². The van der Waals surface area contributed by atoms with Crippen molar-refractivity contribution >= 4 is 33.4 Å². The van der Waals surface area contributed by atoms with Gasteiger partial charge in [0.05, 0.1) is 10.2 Å². The molecule has 0 unspecified atom stereocenters. The van der Waals surface area contributed by atoms with Crippen molar-refractivity contribution in [1.82, 2.24) is 14.8 Å². The Labute approximate surface area is 185 Å². The van der Waals surface area contributed by atoms with E-state index in [1.807, 2.05) is 40.1 Å². The SMILES string of the molecule is O=C(c1ccc(-c2nc3ccccc3s2)o1)N1CCC(C(=O)N2CCCCCC2)CC1. The molecule has 5 rings (SSSR count). The summed E-state index contributed by atoms with van der Waals surface area (Å²) in [4.78, 5) is 34.3. The first kappa shape index (κ1) is 20.2. The van der Waals surface area contributed by atoms with Gasteiger partial charge in [-0.05, 0) is 49.9 Å². The third-order valence-electron chi connectivity index (χ3n) is 6.37. The van der Waals surface area contributed by atoms with Crippen molar-refractivity contribution in [2.75, 3.05) is 26.2 Å². The monoisotopic (exact) mass is 437 g/mol. The molecular weight excluding hydrogens is 410 g/mol. The van der Waals surface area contributed by atoms with Crippen LogP contribution in [-0.2, 0) is 4.79 Å².